The Bertz CT molecular complexity index is 592. The molecule has 0 saturated heterocycles. The van der Waals surface area contributed by atoms with Gasteiger partial charge in [0.15, 0.2) is 12.7 Å². The van der Waals surface area contributed by atoms with Gasteiger partial charge in [-0.25, -0.2) is 4.79 Å². The normalized spacial score (nSPS) is 14.6. The van der Waals surface area contributed by atoms with E-state index in [1.807, 2.05) is 30.3 Å². The Kier molecular flexibility index (Phi) is 7.75. The molecule has 0 heterocycles. The van der Waals surface area contributed by atoms with Crippen molar-refractivity contribution in [1.82, 2.24) is 0 Å². The molecule has 0 aliphatic carbocycles. The van der Waals surface area contributed by atoms with Crippen LogP contribution in [0.15, 0.2) is 42.5 Å². The molecule has 0 aromatic heterocycles. The summed E-state index contributed by atoms with van der Waals surface area (Å²) in [5, 5.41) is -0.00521. The van der Waals surface area contributed by atoms with Crippen LogP contribution in [0.2, 0.25) is 18.1 Å². The van der Waals surface area contributed by atoms with Gasteiger partial charge in [-0.3, -0.25) is 0 Å². The van der Waals surface area contributed by atoms with Crippen LogP contribution in [-0.2, 0) is 14.0 Å². The monoisotopic (exact) mass is 402 g/mol. The minimum Gasteiger partial charge on any atom is -0.463 e. The molecule has 0 radical (unpaired) electrons. The average molecular weight is 403 g/mol. The Morgan fingerprint density at radius 1 is 1.20 bits per heavy atom. The van der Waals surface area contributed by atoms with E-state index in [1.165, 1.54) is 12.2 Å². The van der Waals surface area contributed by atoms with Crippen molar-refractivity contribution in [2.24, 2.45) is 0 Å². The minimum atomic E-state index is -2.15. The molecule has 0 aliphatic heterocycles. The number of hydrogen-bond acceptors (Lipinski definition) is 3. The Labute approximate surface area is 162 Å². The van der Waals surface area contributed by atoms with Gasteiger partial charge in [0.2, 0.25) is 0 Å². The molecule has 1 aromatic rings. The van der Waals surface area contributed by atoms with Crippen molar-refractivity contribution in [3.8, 4) is 0 Å². The zero-order valence-corrected chi connectivity index (χ0v) is 18.3. The van der Waals surface area contributed by atoms with E-state index in [4.69, 9.17) is 32.4 Å². The highest BCUT2D eigenvalue weighted by Crippen LogP contribution is 2.46. The maximum Gasteiger partial charge on any atom is 0.330 e. The van der Waals surface area contributed by atoms with E-state index < -0.39 is 24.7 Å². The van der Waals surface area contributed by atoms with E-state index in [9.17, 15) is 4.79 Å². The highest BCUT2D eigenvalue weighted by Gasteiger charge is 2.44. The average Bonchev–Trinajstić information content (AvgIpc) is 2.51. The third-order valence-corrected chi connectivity index (χ3v) is 9.48. The number of carbonyl (C=O) groups excluding carboxylic acids is 1. The summed E-state index contributed by atoms with van der Waals surface area (Å²) in [7, 11) is -2.15. The molecule has 0 N–H and O–H groups in total. The molecular weight excluding hydrogens is 375 g/mol. The lowest BCUT2D eigenvalue weighted by molar-refractivity contribution is -0.137. The molecule has 25 heavy (non-hydrogen) atoms. The summed E-state index contributed by atoms with van der Waals surface area (Å²) in [6.45, 7) is 12.8. The van der Waals surface area contributed by atoms with Crippen LogP contribution in [0, 0.1) is 0 Å². The molecule has 0 bridgehead atoms. The highest BCUT2D eigenvalue weighted by molar-refractivity contribution is 6.74. The second-order valence-electron chi connectivity index (χ2n) is 7.43. The Morgan fingerprint density at radius 2 is 1.76 bits per heavy atom. The second kappa shape index (κ2) is 8.72. The fraction of sp³-hybridized carbons (Fsp3) is 0.526. The quantitative estimate of drug-likeness (QED) is 0.241. The first kappa shape index (κ1) is 22.2. The van der Waals surface area contributed by atoms with Gasteiger partial charge in [-0.05, 0) is 36.7 Å². The number of benzene rings is 1. The standard InChI is InChI=1S/C19H28Cl2O3Si/c1-7-23-16(22)13-14-19(20,21)17(15-11-9-8-10-12-15)24-25(5,6)18(2,3)4/h8-14,17H,7H2,1-6H3/b14-13+/t17-/m1/s1. The number of carbonyl (C=O) groups is 1. The van der Waals surface area contributed by atoms with Crippen molar-refractivity contribution < 1.29 is 14.0 Å². The fourth-order valence-corrected chi connectivity index (χ4v) is 3.81. The number of esters is 1. The molecule has 0 amide bonds. The molecular formula is C19H28Cl2O3Si. The van der Waals surface area contributed by atoms with E-state index in [0.717, 1.165) is 5.56 Å². The van der Waals surface area contributed by atoms with Gasteiger partial charge < -0.3 is 9.16 Å². The number of ether oxygens (including phenoxy) is 1. The van der Waals surface area contributed by atoms with Gasteiger partial charge in [0.25, 0.3) is 0 Å². The summed E-state index contributed by atoms with van der Waals surface area (Å²) >= 11 is 13.2. The molecule has 1 aromatic carbocycles. The lowest BCUT2D eigenvalue weighted by Gasteiger charge is -2.42. The van der Waals surface area contributed by atoms with E-state index in [1.54, 1.807) is 6.92 Å². The summed E-state index contributed by atoms with van der Waals surface area (Å²) in [6, 6.07) is 9.60. The van der Waals surface area contributed by atoms with Gasteiger partial charge >= 0.3 is 5.97 Å². The molecule has 0 unspecified atom stereocenters. The predicted molar refractivity (Wildman–Crippen MR) is 108 cm³/mol. The van der Waals surface area contributed by atoms with E-state index in [-0.39, 0.29) is 5.04 Å². The van der Waals surface area contributed by atoms with Gasteiger partial charge in [-0.1, -0.05) is 74.3 Å². The smallest absolute Gasteiger partial charge is 0.330 e. The summed E-state index contributed by atoms with van der Waals surface area (Å²) in [4.78, 5) is 11.6. The van der Waals surface area contributed by atoms with Gasteiger partial charge in [0.05, 0.1) is 6.61 Å². The summed E-state index contributed by atoms with van der Waals surface area (Å²) < 4.78 is 10.0. The van der Waals surface area contributed by atoms with Crippen molar-refractivity contribution in [1.29, 1.82) is 0 Å². The second-order valence-corrected chi connectivity index (χ2v) is 13.6. The maximum atomic E-state index is 11.6. The lowest BCUT2D eigenvalue weighted by atomic mass is 10.1. The molecule has 1 rings (SSSR count). The zero-order valence-electron chi connectivity index (χ0n) is 15.8. The van der Waals surface area contributed by atoms with Crippen molar-refractivity contribution in [2.75, 3.05) is 6.61 Å². The van der Waals surface area contributed by atoms with Gasteiger partial charge in [-0.2, -0.15) is 0 Å². The highest BCUT2D eigenvalue weighted by atomic mass is 35.5. The third kappa shape index (κ3) is 6.44. The van der Waals surface area contributed by atoms with Crippen LogP contribution in [0.5, 0.6) is 0 Å². The van der Waals surface area contributed by atoms with Gasteiger partial charge in [0.1, 0.15) is 6.10 Å². The number of alkyl halides is 2. The van der Waals surface area contributed by atoms with Crippen molar-refractivity contribution in [3.63, 3.8) is 0 Å². The van der Waals surface area contributed by atoms with Gasteiger partial charge in [0, 0.05) is 6.08 Å². The first-order valence-corrected chi connectivity index (χ1v) is 12.0. The first-order chi connectivity index (χ1) is 11.4. The van der Waals surface area contributed by atoms with Gasteiger partial charge in [-0.15, -0.1) is 0 Å². The molecule has 6 heteroatoms. The van der Waals surface area contributed by atoms with Crippen LogP contribution in [0.25, 0.3) is 0 Å². The topological polar surface area (TPSA) is 35.5 Å². The van der Waals surface area contributed by atoms with Crippen LogP contribution in [0.1, 0.15) is 39.4 Å². The zero-order chi connectivity index (χ0) is 19.3. The van der Waals surface area contributed by atoms with Crippen LogP contribution < -0.4 is 0 Å². The molecule has 140 valence electrons. The Morgan fingerprint density at radius 3 is 2.24 bits per heavy atom. The van der Waals surface area contributed by atoms with Crippen LogP contribution >= 0.6 is 23.2 Å². The van der Waals surface area contributed by atoms with Crippen molar-refractivity contribution >= 4 is 37.5 Å². The van der Waals surface area contributed by atoms with E-state index in [2.05, 4.69) is 33.9 Å². The maximum absolute atomic E-state index is 11.6. The van der Waals surface area contributed by atoms with E-state index in [0.29, 0.717) is 6.61 Å². The first-order valence-electron chi connectivity index (χ1n) is 8.37. The SMILES string of the molecule is CCOC(=O)/C=C/C(Cl)(Cl)[C@H](O[Si](C)(C)C(C)(C)C)c1ccccc1. The molecule has 1 atom stereocenters. The summed E-state index contributed by atoms with van der Waals surface area (Å²) in [6.07, 6.45) is 2.11. The lowest BCUT2D eigenvalue weighted by Crippen LogP contribution is -2.44. The van der Waals surface area contributed by atoms with Crippen LogP contribution in [-0.4, -0.2) is 25.2 Å². The van der Waals surface area contributed by atoms with Crippen molar-refractivity contribution in [2.45, 2.75) is 56.3 Å². The number of hydrogen-bond donors (Lipinski definition) is 0. The number of rotatable bonds is 7. The summed E-state index contributed by atoms with van der Waals surface area (Å²) in [5.41, 5.74) is 0.867. The van der Waals surface area contributed by atoms with E-state index >= 15 is 0 Å². The third-order valence-electron chi connectivity index (χ3n) is 4.40. The Balaban J connectivity index is 3.21. The molecule has 0 saturated carbocycles. The van der Waals surface area contributed by atoms with Crippen LogP contribution in [0.4, 0.5) is 0 Å². The largest absolute Gasteiger partial charge is 0.463 e. The number of halogens is 2. The van der Waals surface area contributed by atoms with Crippen molar-refractivity contribution in [3.05, 3.63) is 48.0 Å². The molecule has 3 nitrogen and oxygen atoms in total. The predicted octanol–water partition coefficient (Wildman–Crippen LogP) is 6.04. The fourth-order valence-electron chi connectivity index (χ4n) is 1.92. The Hall–Kier alpha value is -0.813. The molecule has 0 spiro atoms. The minimum absolute atomic E-state index is 0.00521. The summed E-state index contributed by atoms with van der Waals surface area (Å²) in [5.74, 6) is -0.479. The van der Waals surface area contributed by atoms with Crippen LogP contribution in [0.3, 0.4) is 0 Å². The molecule has 0 fully saturated rings. The molecule has 0 aliphatic rings.